The summed E-state index contributed by atoms with van der Waals surface area (Å²) in [6, 6.07) is 2.08. The van der Waals surface area contributed by atoms with Crippen molar-refractivity contribution in [2.45, 2.75) is 45.1 Å². The Hall–Kier alpha value is -0.880. The van der Waals surface area contributed by atoms with E-state index in [2.05, 4.69) is 6.07 Å². The van der Waals surface area contributed by atoms with Crippen LogP contribution in [0.2, 0.25) is 0 Å². The third kappa shape index (κ3) is 3.47. The quantitative estimate of drug-likeness (QED) is 0.726. The van der Waals surface area contributed by atoms with Crippen LogP contribution >= 0.6 is 0 Å². The van der Waals surface area contributed by atoms with Crippen LogP contribution in [-0.2, 0) is 4.79 Å². The highest BCUT2D eigenvalue weighted by atomic mass is 16.1. The topological polar surface area (TPSA) is 66.9 Å². The molecule has 0 spiro atoms. The van der Waals surface area contributed by atoms with E-state index in [0.29, 0.717) is 17.6 Å². The fourth-order valence-electron chi connectivity index (χ4n) is 1.26. The average molecular weight is 194 g/mol. The maximum atomic E-state index is 10.2. The van der Waals surface area contributed by atoms with Crippen LogP contribution in [-0.4, -0.2) is 11.3 Å². The Morgan fingerprint density at radius 1 is 1.43 bits per heavy atom. The van der Waals surface area contributed by atoms with Crippen LogP contribution in [0.4, 0.5) is 0 Å². The molecule has 0 aromatic rings. The van der Waals surface area contributed by atoms with Gasteiger partial charge in [0.25, 0.3) is 0 Å². The molecule has 78 valence electrons. The van der Waals surface area contributed by atoms with Crippen molar-refractivity contribution in [3.8, 4) is 6.07 Å². The largest absolute Gasteiger partial charge is 0.313 e. The maximum absolute atomic E-state index is 10.2. The van der Waals surface area contributed by atoms with Crippen LogP contribution in [0.15, 0.2) is 0 Å². The molecule has 2 saturated carbocycles. The zero-order valence-electron chi connectivity index (χ0n) is 8.92. The fraction of sp³-hybridized carbons (Fsp3) is 0.818. The van der Waals surface area contributed by atoms with Gasteiger partial charge in [0.05, 0.1) is 6.07 Å². The van der Waals surface area contributed by atoms with Crippen molar-refractivity contribution in [3.63, 3.8) is 0 Å². The van der Waals surface area contributed by atoms with Crippen molar-refractivity contribution in [1.82, 2.24) is 0 Å². The van der Waals surface area contributed by atoms with Gasteiger partial charge in [-0.15, -0.1) is 0 Å². The molecule has 0 radical (unpaired) electrons. The number of nitrogens with two attached hydrogens (primary N) is 1. The number of carbonyl (C=O) groups is 1. The first-order valence-corrected chi connectivity index (χ1v) is 5.18. The lowest BCUT2D eigenvalue weighted by Gasteiger charge is -2.11. The molecule has 0 aromatic carbocycles. The maximum Gasteiger partial charge on any atom is 0.132 e. The van der Waals surface area contributed by atoms with Crippen LogP contribution < -0.4 is 5.73 Å². The normalized spacial score (nSPS) is 23.9. The van der Waals surface area contributed by atoms with Crippen molar-refractivity contribution in [3.05, 3.63) is 0 Å². The zero-order valence-corrected chi connectivity index (χ0v) is 8.92. The number of ketones is 1. The molecule has 0 saturated heterocycles. The predicted octanol–water partition coefficient (Wildman–Crippen LogP) is 1.62. The summed E-state index contributed by atoms with van der Waals surface area (Å²) in [5, 5.41) is 8.43. The standard InChI is InChI=1S/C6H10N2.C5H8O/c1-6(8,4-7)5-2-3-5;1-4(6)5-2-3-5/h5H,2-3,8H2,1H3;5H,2-3H2,1H3. The summed E-state index contributed by atoms with van der Waals surface area (Å²) in [5.74, 6) is 1.31. The van der Waals surface area contributed by atoms with Crippen LogP contribution in [0.25, 0.3) is 0 Å². The zero-order chi connectivity index (χ0) is 10.8. The highest BCUT2D eigenvalue weighted by molar-refractivity contribution is 5.80. The molecule has 2 aliphatic carbocycles. The number of hydrogen-bond donors (Lipinski definition) is 1. The van der Waals surface area contributed by atoms with Crippen molar-refractivity contribution in [1.29, 1.82) is 5.26 Å². The van der Waals surface area contributed by atoms with Crippen LogP contribution in [0.3, 0.4) is 0 Å². The summed E-state index contributed by atoms with van der Waals surface area (Å²) in [6.45, 7) is 3.46. The van der Waals surface area contributed by atoms with E-state index in [1.54, 1.807) is 13.8 Å². The third-order valence-corrected chi connectivity index (χ3v) is 2.82. The van der Waals surface area contributed by atoms with Gasteiger partial charge in [-0.3, -0.25) is 4.79 Å². The molecule has 14 heavy (non-hydrogen) atoms. The molecule has 2 aliphatic rings. The lowest BCUT2D eigenvalue weighted by atomic mass is 10.0. The molecular weight excluding hydrogens is 176 g/mol. The molecule has 1 atom stereocenters. The molecule has 1 unspecified atom stereocenters. The minimum Gasteiger partial charge on any atom is -0.313 e. The predicted molar refractivity (Wildman–Crippen MR) is 54.3 cm³/mol. The number of Topliss-reactive ketones (excluding diaryl/α,β-unsaturated/α-hetero) is 1. The molecule has 0 aliphatic heterocycles. The van der Waals surface area contributed by atoms with E-state index in [4.69, 9.17) is 11.0 Å². The first-order valence-electron chi connectivity index (χ1n) is 5.18. The smallest absolute Gasteiger partial charge is 0.132 e. The Morgan fingerprint density at radius 2 is 1.93 bits per heavy atom. The van der Waals surface area contributed by atoms with Gasteiger partial charge in [-0.05, 0) is 45.4 Å². The highest BCUT2D eigenvalue weighted by Crippen LogP contribution is 2.37. The van der Waals surface area contributed by atoms with Crippen LogP contribution in [0.1, 0.15) is 39.5 Å². The summed E-state index contributed by atoms with van der Waals surface area (Å²) >= 11 is 0. The van der Waals surface area contributed by atoms with Gasteiger partial charge in [0.2, 0.25) is 0 Å². The molecular formula is C11H18N2O. The SMILES string of the molecule is CC(=O)C1CC1.CC(N)(C#N)C1CC1. The summed E-state index contributed by atoms with van der Waals surface area (Å²) in [5.41, 5.74) is 5.02. The Bertz CT molecular complexity index is 257. The number of rotatable bonds is 2. The fourth-order valence-corrected chi connectivity index (χ4v) is 1.26. The van der Waals surface area contributed by atoms with Gasteiger partial charge in [-0.2, -0.15) is 5.26 Å². The van der Waals surface area contributed by atoms with Gasteiger partial charge in [-0.1, -0.05) is 0 Å². The van der Waals surface area contributed by atoms with E-state index in [1.165, 1.54) is 0 Å². The summed E-state index contributed by atoms with van der Waals surface area (Å²) in [6.07, 6.45) is 4.58. The van der Waals surface area contributed by atoms with Crippen LogP contribution in [0, 0.1) is 23.2 Å². The van der Waals surface area contributed by atoms with Crippen molar-refractivity contribution < 1.29 is 4.79 Å². The Kier molecular flexibility index (Phi) is 3.28. The van der Waals surface area contributed by atoms with Crippen LogP contribution in [0.5, 0.6) is 0 Å². The molecule has 3 heteroatoms. The first-order chi connectivity index (χ1) is 6.47. The monoisotopic (exact) mass is 194 g/mol. The van der Waals surface area contributed by atoms with Gasteiger partial charge in [0, 0.05) is 5.92 Å². The molecule has 0 bridgehead atoms. The molecule has 2 N–H and O–H groups in total. The third-order valence-electron chi connectivity index (χ3n) is 2.82. The average Bonchev–Trinajstić information content (AvgIpc) is 2.94. The summed E-state index contributed by atoms with van der Waals surface area (Å²) in [4.78, 5) is 10.2. The highest BCUT2D eigenvalue weighted by Gasteiger charge is 2.38. The number of hydrogen-bond acceptors (Lipinski definition) is 3. The van der Waals surface area contributed by atoms with E-state index in [9.17, 15) is 4.79 Å². The van der Waals surface area contributed by atoms with E-state index < -0.39 is 5.54 Å². The number of nitriles is 1. The minimum absolute atomic E-state index is 0.370. The first kappa shape index (κ1) is 11.2. The van der Waals surface area contributed by atoms with Gasteiger partial charge in [0.15, 0.2) is 0 Å². The number of nitrogens with zero attached hydrogens (tertiary/aromatic N) is 1. The Labute approximate surface area is 85.3 Å². The van der Waals surface area contributed by atoms with Gasteiger partial charge >= 0.3 is 0 Å². The lowest BCUT2D eigenvalue weighted by molar-refractivity contribution is -0.118. The molecule has 0 amide bonds. The van der Waals surface area contributed by atoms with Gasteiger partial charge in [0.1, 0.15) is 11.3 Å². The summed E-state index contributed by atoms with van der Waals surface area (Å²) < 4.78 is 0. The second-order valence-corrected chi connectivity index (χ2v) is 4.55. The Balaban J connectivity index is 0.000000146. The summed E-state index contributed by atoms with van der Waals surface area (Å²) in [7, 11) is 0. The van der Waals surface area contributed by atoms with Crippen molar-refractivity contribution in [2.75, 3.05) is 0 Å². The molecule has 2 fully saturated rings. The molecule has 3 nitrogen and oxygen atoms in total. The van der Waals surface area contributed by atoms with E-state index in [1.807, 2.05) is 0 Å². The number of carbonyl (C=O) groups excluding carboxylic acids is 1. The van der Waals surface area contributed by atoms with E-state index >= 15 is 0 Å². The second-order valence-electron chi connectivity index (χ2n) is 4.55. The molecule has 0 heterocycles. The van der Waals surface area contributed by atoms with Gasteiger partial charge in [-0.25, -0.2) is 0 Å². The van der Waals surface area contributed by atoms with Gasteiger partial charge < -0.3 is 5.73 Å². The Morgan fingerprint density at radius 3 is 2.00 bits per heavy atom. The molecule has 2 rings (SSSR count). The van der Waals surface area contributed by atoms with E-state index in [0.717, 1.165) is 25.7 Å². The molecule has 0 aromatic heterocycles. The van der Waals surface area contributed by atoms with Crippen molar-refractivity contribution >= 4 is 5.78 Å². The minimum atomic E-state index is -0.542. The van der Waals surface area contributed by atoms with Crippen molar-refractivity contribution in [2.24, 2.45) is 17.6 Å². The second kappa shape index (κ2) is 4.10. The lowest BCUT2D eigenvalue weighted by Crippen LogP contribution is -2.36. The van der Waals surface area contributed by atoms with E-state index in [-0.39, 0.29) is 0 Å².